The molecule has 0 aromatic heterocycles. The van der Waals surface area contributed by atoms with Gasteiger partial charge in [-0.3, -0.25) is 4.79 Å². The molecule has 0 fully saturated rings. The van der Waals surface area contributed by atoms with Crippen LogP contribution >= 0.6 is 0 Å². The molecule has 1 aromatic carbocycles. The molecule has 15 heavy (non-hydrogen) atoms. The van der Waals surface area contributed by atoms with E-state index in [1.807, 2.05) is 0 Å². The van der Waals surface area contributed by atoms with Gasteiger partial charge in [0.15, 0.2) is 0 Å². The normalized spacial score (nSPS) is 23.6. The van der Waals surface area contributed by atoms with Crippen LogP contribution in [0.25, 0.3) is 0 Å². The number of fused-ring (bicyclic) bond motifs is 1. The summed E-state index contributed by atoms with van der Waals surface area (Å²) in [5.41, 5.74) is 1.55. The second-order valence-electron chi connectivity index (χ2n) is 3.66. The van der Waals surface area contributed by atoms with Crippen LogP contribution in [0.2, 0.25) is 0 Å². The number of aliphatic hydroxyl groups is 1. The number of aliphatic carboxylic acids is 1. The van der Waals surface area contributed by atoms with Crippen LogP contribution in [-0.2, 0) is 11.2 Å². The number of carboxylic acid groups (broad SMARTS) is 1. The number of ether oxygens (including phenoxy) is 1. The van der Waals surface area contributed by atoms with E-state index >= 15 is 0 Å². The lowest BCUT2D eigenvalue weighted by Crippen LogP contribution is -2.17. The number of benzene rings is 1. The summed E-state index contributed by atoms with van der Waals surface area (Å²) < 4.78 is 5.02. The molecule has 2 rings (SSSR count). The molecule has 0 heterocycles. The minimum atomic E-state index is -0.960. The van der Waals surface area contributed by atoms with Gasteiger partial charge in [-0.25, -0.2) is 0 Å². The van der Waals surface area contributed by atoms with Gasteiger partial charge in [0.05, 0.1) is 19.1 Å². The van der Waals surface area contributed by atoms with Gasteiger partial charge in [0.2, 0.25) is 0 Å². The Morgan fingerprint density at radius 1 is 1.53 bits per heavy atom. The number of hydrogen-bond acceptors (Lipinski definition) is 3. The van der Waals surface area contributed by atoms with E-state index in [4.69, 9.17) is 9.84 Å². The van der Waals surface area contributed by atoms with E-state index in [0.717, 1.165) is 5.56 Å². The Labute approximate surface area is 87.1 Å². The summed E-state index contributed by atoms with van der Waals surface area (Å²) >= 11 is 0. The van der Waals surface area contributed by atoms with Crippen LogP contribution in [0.15, 0.2) is 18.2 Å². The van der Waals surface area contributed by atoms with Crippen LogP contribution in [0.5, 0.6) is 5.75 Å². The van der Waals surface area contributed by atoms with E-state index in [9.17, 15) is 9.90 Å². The van der Waals surface area contributed by atoms with Crippen molar-refractivity contribution in [2.45, 2.75) is 12.5 Å². The summed E-state index contributed by atoms with van der Waals surface area (Å²) in [7, 11) is 1.54. The average Bonchev–Trinajstić information content (AvgIpc) is 2.56. The molecule has 1 aromatic rings. The molecule has 0 saturated heterocycles. The molecular weight excluding hydrogens is 196 g/mol. The van der Waals surface area contributed by atoms with Crippen LogP contribution < -0.4 is 4.74 Å². The highest BCUT2D eigenvalue weighted by Gasteiger charge is 2.36. The zero-order valence-corrected chi connectivity index (χ0v) is 8.30. The molecular formula is C11H12O4. The maximum atomic E-state index is 10.8. The highest BCUT2D eigenvalue weighted by atomic mass is 16.5. The molecule has 0 spiro atoms. The van der Waals surface area contributed by atoms with Crippen molar-refractivity contribution in [1.82, 2.24) is 0 Å². The molecule has 0 radical (unpaired) electrons. The van der Waals surface area contributed by atoms with Crippen molar-refractivity contribution in [3.63, 3.8) is 0 Å². The Bertz CT molecular complexity index is 400. The van der Waals surface area contributed by atoms with Crippen molar-refractivity contribution in [3.8, 4) is 5.75 Å². The Kier molecular flexibility index (Phi) is 2.36. The molecule has 4 heteroatoms. The minimum Gasteiger partial charge on any atom is -0.497 e. The summed E-state index contributed by atoms with van der Waals surface area (Å²) in [6.07, 6.45) is -0.539. The van der Waals surface area contributed by atoms with Gasteiger partial charge in [-0.1, -0.05) is 6.07 Å². The van der Waals surface area contributed by atoms with Crippen molar-refractivity contribution in [2.75, 3.05) is 7.11 Å². The predicted octanol–water partition coefficient (Wildman–Crippen LogP) is 0.985. The van der Waals surface area contributed by atoms with Crippen molar-refractivity contribution < 1.29 is 19.7 Å². The molecule has 0 aliphatic heterocycles. The molecule has 0 saturated carbocycles. The smallest absolute Gasteiger partial charge is 0.309 e. The molecule has 0 amide bonds. The van der Waals surface area contributed by atoms with Gasteiger partial charge in [-0.15, -0.1) is 0 Å². The standard InChI is InChI=1S/C11H12O4/c1-15-7-3-2-6-4-9(11(13)14)10(12)8(6)5-7/h2-3,5,9-10,12H,4H2,1H3,(H,13,14). The van der Waals surface area contributed by atoms with Gasteiger partial charge in [0.25, 0.3) is 0 Å². The minimum absolute atomic E-state index is 0.385. The van der Waals surface area contributed by atoms with E-state index in [2.05, 4.69) is 0 Å². The first-order chi connectivity index (χ1) is 7.13. The lowest BCUT2D eigenvalue weighted by Gasteiger charge is -2.09. The van der Waals surface area contributed by atoms with Crippen LogP contribution in [0.4, 0.5) is 0 Å². The van der Waals surface area contributed by atoms with Gasteiger partial charge in [0.1, 0.15) is 5.75 Å². The average molecular weight is 208 g/mol. The molecule has 0 bridgehead atoms. The predicted molar refractivity (Wildman–Crippen MR) is 52.8 cm³/mol. The number of rotatable bonds is 2. The number of methoxy groups -OCH3 is 1. The van der Waals surface area contributed by atoms with E-state index in [1.54, 1.807) is 18.2 Å². The third-order valence-corrected chi connectivity index (χ3v) is 2.81. The lowest BCUT2D eigenvalue weighted by molar-refractivity contribution is -0.145. The second kappa shape index (κ2) is 3.55. The van der Waals surface area contributed by atoms with Gasteiger partial charge >= 0.3 is 5.97 Å². The van der Waals surface area contributed by atoms with Gasteiger partial charge in [-0.2, -0.15) is 0 Å². The summed E-state index contributed by atoms with van der Waals surface area (Å²) in [4.78, 5) is 10.8. The molecule has 1 aliphatic carbocycles. The molecule has 1 aliphatic rings. The number of carbonyl (C=O) groups is 1. The Balaban J connectivity index is 2.37. The fourth-order valence-corrected chi connectivity index (χ4v) is 1.95. The van der Waals surface area contributed by atoms with Crippen molar-refractivity contribution in [2.24, 2.45) is 5.92 Å². The highest BCUT2D eigenvalue weighted by molar-refractivity contribution is 5.73. The topological polar surface area (TPSA) is 66.8 Å². The van der Waals surface area contributed by atoms with E-state index < -0.39 is 18.0 Å². The van der Waals surface area contributed by atoms with E-state index in [0.29, 0.717) is 17.7 Å². The Morgan fingerprint density at radius 3 is 2.87 bits per heavy atom. The van der Waals surface area contributed by atoms with Crippen LogP contribution in [0.1, 0.15) is 17.2 Å². The van der Waals surface area contributed by atoms with Gasteiger partial charge in [0, 0.05) is 0 Å². The zero-order chi connectivity index (χ0) is 11.0. The monoisotopic (exact) mass is 208 g/mol. The fraction of sp³-hybridized carbons (Fsp3) is 0.364. The molecule has 4 nitrogen and oxygen atoms in total. The van der Waals surface area contributed by atoms with Gasteiger partial charge in [-0.05, 0) is 29.7 Å². The molecule has 2 unspecified atom stereocenters. The highest BCUT2D eigenvalue weighted by Crippen LogP contribution is 2.37. The first-order valence-corrected chi connectivity index (χ1v) is 4.71. The van der Waals surface area contributed by atoms with Crippen molar-refractivity contribution in [3.05, 3.63) is 29.3 Å². The first-order valence-electron chi connectivity index (χ1n) is 4.71. The Hall–Kier alpha value is -1.55. The number of aliphatic hydroxyl groups excluding tert-OH is 1. The Morgan fingerprint density at radius 2 is 2.27 bits per heavy atom. The van der Waals surface area contributed by atoms with Crippen LogP contribution in [0.3, 0.4) is 0 Å². The number of hydrogen-bond donors (Lipinski definition) is 2. The maximum Gasteiger partial charge on any atom is 0.309 e. The first kappa shape index (κ1) is 9.98. The molecule has 2 atom stereocenters. The summed E-state index contributed by atoms with van der Waals surface area (Å²) in [5, 5.41) is 18.7. The SMILES string of the molecule is COc1ccc2c(c1)C(O)C(C(=O)O)C2. The van der Waals surface area contributed by atoms with E-state index in [-0.39, 0.29) is 0 Å². The van der Waals surface area contributed by atoms with E-state index in [1.165, 1.54) is 7.11 Å². The van der Waals surface area contributed by atoms with Crippen LogP contribution in [-0.4, -0.2) is 23.3 Å². The quantitative estimate of drug-likeness (QED) is 0.760. The zero-order valence-electron chi connectivity index (χ0n) is 8.30. The number of carboxylic acids is 1. The maximum absolute atomic E-state index is 10.8. The van der Waals surface area contributed by atoms with Crippen LogP contribution in [0, 0.1) is 5.92 Å². The lowest BCUT2D eigenvalue weighted by atomic mass is 10.0. The summed E-state index contributed by atoms with van der Waals surface area (Å²) in [6, 6.07) is 5.28. The van der Waals surface area contributed by atoms with Crippen molar-refractivity contribution >= 4 is 5.97 Å². The summed E-state index contributed by atoms with van der Waals surface area (Å²) in [6.45, 7) is 0. The second-order valence-corrected chi connectivity index (χ2v) is 3.66. The third-order valence-electron chi connectivity index (χ3n) is 2.81. The largest absolute Gasteiger partial charge is 0.497 e. The summed E-state index contributed by atoms with van der Waals surface area (Å²) in [5.74, 6) is -1.05. The fourth-order valence-electron chi connectivity index (χ4n) is 1.95. The molecule has 80 valence electrons. The third kappa shape index (κ3) is 1.57. The van der Waals surface area contributed by atoms with Crippen molar-refractivity contribution in [1.29, 1.82) is 0 Å². The van der Waals surface area contributed by atoms with Gasteiger partial charge < -0.3 is 14.9 Å². The molecule has 2 N–H and O–H groups in total.